The molecule has 0 radical (unpaired) electrons. The van der Waals surface area contributed by atoms with Crippen molar-refractivity contribution in [3.05, 3.63) is 11.3 Å². The fourth-order valence-electron chi connectivity index (χ4n) is 9.65. The third kappa shape index (κ3) is 4.05. The predicted molar refractivity (Wildman–Crippen MR) is 131 cm³/mol. The highest BCUT2D eigenvalue weighted by Crippen LogP contribution is 2.69. The van der Waals surface area contributed by atoms with E-state index in [1.54, 1.807) is 6.92 Å². The summed E-state index contributed by atoms with van der Waals surface area (Å²) in [7, 11) is 0. The van der Waals surface area contributed by atoms with Crippen LogP contribution in [0.15, 0.2) is 11.3 Å². The molecule has 194 valence electrons. The quantitative estimate of drug-likeness (QED) is 0.399. The highest BCUT2D eigenvalue weighted by Gasteiger charge is 2.64. The topological polar surface area (TPSA) is 41.5 Å². The molecule has 5 heteroatoms. The molecule has 0 bridgehead atoms. The van der Waals surface area contributed by atoms with Crippen molar-refractivity contribution in [2.24, 2.45) is 40.4 Å². The van der Waals surface area contributed by atoms with Crippen LogP contribution in [-0.4, -0.2) is 36.3 Å². The van der Waals surface area contributed by atoms with E-state index in [9.17, 15) is 13.9 Å². The van der Waals surface area contributed by atoms with Gasteiger partial charge in [-0.1, -0.05) is 13.8 Å². The van der Waals surface area contributed by atoms with E-state index >= 15 is 0 Å². The molecule has 34 heavy (non-hydrogen) atoms. The van der Waals surface area contributed by atoms with Crippen molar-refractivity contribution >= 4 is 0 Å². The van der Waals surface area contributed by atoms with E-state index in [2.05, 4.69) is 26.1 Å². The van der Waals surface area contributed by atoms with E-state index in [-0.39, 0.29) is 6.10 Å². The number of aliphatic hydroxyl groups is 1. The fourth-order valence-corrected chi connectivity index (χ4v) is 9.65. The Hall–Kier alpha value is -0.680. The summed E-state index contributed by atoms with van der Waals surface area (Å²) < 4.78 is 32.0. The second-order valence-electron chi connectivity index (χ2n) is 13.1. The van der Waals surface area contributed by atoms with Crippen LogP contribution in [-0.2, 0) is 4.74 Å². The Morgan fingerprint density at radius 2 is 1.79 bits per heavy atom. The van der Waals surface area contributed by atoms with Gasteiger partial charge in [0.15, 0.2) is 0 Å². The van der Waals surface area contributed by atoms with Crippen molar-refractivity contribution in [2.45, 2.75) is 123 Å². The van der Waals surface area contributed by atoms with E-state index < -0.39 is 12.5 Å². The van der Waals surface area contributed by atoms with Crippen LogP contribution in [0.25, 0.3) is 0 Å². The maximum atomic E-state index is 12.7. The summed E-state index contributed by atoms with van der Waals surface area (Å²) in [6.07, 6.45) is 10.6. The molecular weight excluding hydrogens is 432 g/mol. The van der Waals surface area contributed by atoms with Gasteiger partial charge < -0.3 is 15.2 Å². The monoisotopic (exact) mass is 479 g/mol. The zero-order chi connectivity index (χ0) is 24.3. The summed E-state index contributed by atoms with van der Waals surface area (Å²) in [5, 5.41) is 13.2. The number of unbranched alkanes of at least 4 members (excludes halogenated alkanes) is 1. The molecule has 10 atom stereocenters. The highest BCUT2D eigenvalue weighted by atomic mass is 19.3. The van der Waals surface area contributed by atoms with Gasteiger partial charge in [-0.3, -0.25) is 0 Å². The standard InChI is InChI=1S/C29H47F2NO2/c1-17-24(7-5-6-14-32-18(2)27(30)31)34-25-16-23-21-9-8-19-15-20(33)10-12-28(19,3)22(21)11-13-29(23,4)26(17)25/h18-23,25-27,32-33H,5-16H2,1-4H3. The molecule has 1 aliphatic heterocycles. The van der Waals surface area contributed by atoms with Crippen molar-refractivity contribution in [2.75, 3.05) is 6.54 Å². The zero-order valence-electron chi connectivity index (χ0n) is 21.8. The van der Waals surface area contributed by atoms with Gasteiger partial charge in [0.1, 0.15) is 6.10 Å². The summed E-state index contributed by atoms with van der Waals surface area (Å²) in [4.78, 5) is 0. The zero-order valence-corrected chi connectivity index (χ0v) is 21.8. The van der Waals surface area contributed by atoms with Crippen molar-refractivity contribution in [1.82, 2.24) is 5.32 Å². The smallest absolute Gasteiger partial charge is 0.253 e. The molecule has 4 fully saturated rings. The number of aliphatic hydroxyl groups excluding tert-OH is 1. The van der Waals surface area contributed by atoms with Crippen molar-refractivity contribution in [1.29, 1.82) is 0 Å². The number of allylic oxidation sites excluding steroid dienone is 1. The van der Waals surface area contributed by atoms with Crippen LogP contribution in [0.2, 0.25) is 0 Å². The molecule has 5 aliphatic rings. The molecule has 10 unspecified atom stereocenters. The van der Waals surface area contributed by atoms with Crippen LogP contribution >= 0.6 is 0 Å². The first-order valence-electron chi connectivity index (χ1n) is 14.2. The molecule has 0 aromatic rings. The van der Waals surface area contributed by atoms with Gasteiger partial charge in [0, 0.05) is 12.3 Å². The molecule has 0 aromatic carbocycles. The minimum atomic E-state index is -2.30. The summed E-state index contributed by atoms with van der Waals surface area (Å²) in [6, 6.07) is -0.731. The van der Waals surface area contributed by atoms with Gasteiger partial charge >= 0.3 is 0 Å². The number of halogens is 2. The number of fused-ring (bicyclic) bond motifs is 7. The van der Waals surface area contributed by atoms with Gasteiger partial charge in [0.05, 0.1) is 17.9 Å². The van der Waals surface area contributed by atoms with Gasteiger partial charge in [-0.2, -0.15) is 0 Å². The molecule has 0 spiro atoms. The van der Waals surface area contributed by atoms with Crippen molar-refractivity contribution in [3.8, 4) is 0 Å². The number of rotatable bonds is 7. The lowest BCUT2D eigenvalue weighted by Crippen LogP contribution is -2.54. The Labute approximate surface area is 205 Å². The van der Waals surface area contributed by atoms with E-state index in [1.165, 1.54) is 49.9 Å². The first-order valence-corrected chi connectivity index (χ1v) is 14.2. The van der Waals surface area contributed by atoms with Gasteiger partial charge in [-0.25, -0.2) is 8.78 Å². The lowest BCUT2D eigenvalue weighted by atomic mass is 9.44. The lowest BCUT2D eigenvalue weighted by Gasteiger charge is -2.60. The Morgan fingerprint density at radius 3 is 2.56 bits per heavy atom. The molecule has 4 aliphatic carbocycles. The largest absolute Gasteiger partial charge is 0.494 e. The van der Waals surface area contributed by atoms with E-state index in [4.69, 9.17) is 4.74 Å². The summed E-state index contributed by atoms with van der Waals surface area (Å²) in [6.45, 7) is 9.65. The maximum absolute atomic E-state index is 12.7. The lowest BCUT2D eigenvalue weighted by molar-refractivity contribution is -0.124. The number of alkyl halides is 2. The minimum absolute atomic E-state index is 0.0718. The Morgan fingerprint density at radius 1 is 1.03 bits per heavy atom. The average molecular weight is 480 g/mol. The van der Waals surface area contributed by atoms with Crippen molar-refractivity contribution < 1.29 is 18.6 Å². The molecule has 0 saturated heterocycles. The fraction of sp³-hybridized carbons (Fsp3) is 0.931. The molecule has 5 rings (SSSR count). The molecule has 1 heterocycles. The first kappa shape index (κ1) is 25.0. The minimum Gasteiger partial charge on any atom is -0.494 e. The predicted octanol–water partition coefficient (Wildman–Crippen LogP) is 6.70. The van der Waals surface area contributed by atoms with Gasteiger partial charge in [0.2, 0.25) is 0 Å². The number of nitrogens with one attached hydrogen (secondary N) is 1. The third-order valence-electron chi connectivity index (χ3n) is 11.5. The van der Waals surface area contributed by atoms with Gasteiger partial charge in [0.25, 0.3) is 6.43 Å². The summed E-state index contributed by atoms with van der Waals surface area (Å²) >= 11 is 0. The Bertz CT molecular complexity index is 786. The molecule has 2 N–H and O–H groups in total. The van der Waals surface area contributed by atoms with E-state index in [0.29, 0.717) is 35.3 Å². The third-order valence-corrected chi connectivity index (χ3v) is 11.5. The molecule has 3 nitrogen and oxygen atoms in total. The number of hydrogen-bond acceptors (Lipinski definition) is 3. The van der Waals surface area contributed by atoms with Gasteiger partial charge in [-0.05, 0) is 125 Å². The molecule has 4 saturated carbocycles. The summed E-state index contributed by atoms with van der Waals surface area (Å²) in [5.74, 6) is 4.89. The second-order valence-corrected chi connectivity index (χ2v) is 13.1. The normalized spacial score (nSPS) is 46.5. The van der Waals surface area contributed by atoms with E-state index in [1.807, 2.05) is 0 Å². The maximum Gasteiger partial charge on any atom is 0.253 e. The van der Waals surface area contributed by atoms with Crippen molar-refractivity contribution in [3.63, 3.8) is 0 Å². The average Bonchev–Trinajstić information content (AvgIpc) is 3.27. The number of ether oxygens (including phenoxy) is 1. The Balaban J connectivity index is 1.22. The number of hydrogen-bond donors (Lipinski definition) is 2. The van der Waals surface area contributed by atoms with Crippen LogP contribution in [0, 0.1) is 40.4 Å². The highest BCUT2D eigenvalue weighted by molar-refractivity contribution is 5.26. The molecular formula is C29H47F2NO2. The van der Waals surface area contributed by atoms with Crippen LogP contribution in [0.3, 0.4) is 0 Å². The SMILES string of the molecule is CC1=C(CCCCNC(C)C(F)F)OC2CC3C4CCC5CC(O)CCC5(C)C4CCC3(C)C12. The molecule has 0 aromatic heterocycles. The molecule has 0 amide bonds. The van der Waals surface area contributed by atoms with E-state index in [0.717, 1.165) is 49.9 Å². The van der Waals surface area contributed by atoms with Crippen LogP contribution in [0.5, 0.6) is 0 Å². The van der Waals surface area contributed by atoms with Crippen LogP contribution in [0.1, 0.15) is 98.3 Å². The summed E-state index contributed by atoms with van der Waals surface area (Å²) in [5.41, 5.74) is 2.26. The first-order chi connectivity index (χ1) is 16.1. The van der Waals surface area contributed by atoms with Crippen LogP contribution < -0.4 is 5.32 Å². The Kier molecular flexibility index (Phi) is 6.85. The van der Waals surface area contributed by atoms with Gasteiger partial charge in [-0.15, -0.1) is 0 Å². The van der Waals surface area contributed by atoms with Crippen LogP contribution in [0.4, 0.5) is 8.78 Å². The second kappa shape index (κ2) is 9.32.